The topological polar surface area (TPSA) is 52.7 Å². The van der Waals surface area contributed by atoms with Crippen molar-refractivity contribution in [2.75, 3.05) is 38.6 Å². The highest BCUT2D eigenvalue weighted by molar-refractivity contribution is 7.89. The van der Waals surface area contributed by atoms with Crippen molar-refractivity contribution in [2.45, 2.75) is 24.8 Å². The largest absolute Gasteiger partial charge is 0.377 e. The normalized spacial score (nSPS) is 20.9. The van der Waals surface area contributed by atoms with E-state index in [2.05, 4.69) is 5.32 Å². The molecule has 1 fully saturated rings. The van der Waals surface area contributed by atoms with E-state index in [4.69, 9.17) is 0 Å². The molecule has 0 aromatic heterocycles. The third-order valence-electron chi connectivity index (χ3n) is 3.63. The van der Waals surface area contributed by atoms with Crippen molar-refractivity contribution in [3.8, 4) is 0 Å². The van der Waals surface area contributed by atoms with Crippen molar-refractivity contribution in [1.29, 1.82) is 0 Å². The van der Waals surface area contributed by atoms with Gasteiger partial charge in [0.25, 0.3) is 0 Å². The quantitative estimate of drug-likeness (QED) is 0.906. The van der Waals surface area contributed by atoms with Gasteiger partial charge in [0.2, 0.25) is 10.0 Å². The number of aryl methyl sites for hydroxylation is 1. The Balaban J connectivity index is 2.36. The number of hydrogen-bond donors (Lipinski definition) is 1. The molecule has 0 bridgehead atoms. The number of sulfonamides is 1. The first-order valence-electron chi connectivity index (χ1n) is 6.84. The van der Waals surface area contributed by atoms with Crippen LogP contribution in [-0.4, -0.2) is 52.5 Å². The number of hydrogen-bond acceptors (Lipinski definition) is 4. The minimum Gasteiger partial charge on any atom is -0.377 e. The Labute approximate surface area is 121 Å². The highest BCUT2D eigenvalue weighted by atomic mass is 32.2. The van der Waals surface area contributed by atoms with Crippen LogP contribution in [0.2, 0.25) is 0 Å². The van der Waals surface area contributed by atoms with E-state index in [1.54, 1.807) is 16.4 Å². The first kappa shape index (κ1) is 15.3. The average molecular weight is 297 g/mol. The predicted octanol–water partition coefficient (Wildman–Crippen LogP) is 1.04. The zero-order chi connectivity index (χ0) is 14.9. The van der Waals surface area contributed by atoms with Gasteiger partial charge in [-0.3, -0.25) is 0 Å². The summed E-state index contributed by atoms with van der Waals surface area (Å²) < 4.78 is 27.0. The lowest BCUT2D eigenvalue weighted by atomic mass is 10.2. The van der Waals surface area contributed by atoms with Gasteiger partial charge in [0.1, 0.15) is 0 Å². The molecule has 2 rings (SSSR count). The van der Waals surface area contributed by atoms with Gasteiger partial charge in [-0.05, 0) is 31.5 Å². The molecule has 1 aromatic carbocycles. The summed E-state index contributed by atoms with van der Waals surface area (Å²) in [6.07, 6.45) is 0. The van der Waals surface area contributed by atoms with Gasteiger partial charge in [-0.2, -0.15) is 4.31 Å². The fourth-order valence-electron chi connectivity index (χ4n) is 2.50. The Kier molecular flexibility index (Phi) is 4.36. The summed E-state index contributed by atoms with van der Waals surface area (Å²) in [7, 11) is 0.443. The summed E-state index contributed by atoms with van der Waals surface area (Å²) in [6, 6.07) is 5.52. The smallest absolute Gasteiger partial charge is 0.243 e. The Bertz CT molecular complexity index is 584. The molecule has 5 nitrogen and oxygen atoms in total. The van der Waals surface area contributed by atoms with Gasteiger partial charge >= 0.3 is 0 Å². The van der Waals surface area contributed by atoms with E-state index in [0.29, 0.717) is 24.5 Å². The summed E-state index contributed by atoms with van der Waals surface area (Å²) in [5.74, 6) is 0. The molecule has 1 heterocycles. The van der Waals surface area contributed by atoms with Gasteiger partial charge in [-0.25, -0.2) is 8.42 Å². The molecule has 6 heteroatoms. The van der Waals surface area contributed by atoms with Crippen molar-refractivity contribution in [1.82, 2.24) is 9.62 Å². The Morgan fingerprint density at radius 1 is 1.35 bits per heavy atom. The molecule has 1 atom stereocenters. The van der Waals surface area contributed by atoms with Gasteiger partial charge < -0.3 is 10.2 Å². The Hall–Kier alpha value is -1.11. The van der Waals surface area contributed by atoms with Gasteiger partial charge in [0.15, 0.2) is 0 Å². The third kappa shape index (κ3) is 2.97. The van der Waals surface area contributed by atoms with Crippen molar-refractivity contribution in [3.63, 3.8) is 0 Å². The van der Waals surface area contributed by atoms with E-state index in [-0.39, 0.29) is 6.04 Å². The first-order valence-corrected chi connectivity index (χ1v) is 8.28. The van der Waals surface area contributed by atoms with Crippen molar-refractivity contribution >= 4 is 15.7 Å². The second kappa shape index (κ2) is 5.71. The molecule has 0 amide bonds. The maximum Gasteiger partial charge on any atom is 0.243 e. The van der Waals surface area contributed by atoms with E-state index in [1.807, 2.05) is 38.9 Å². The van der Waals surface area contributed by atoms with Crippen molar-refractivity contribution < 1.29 is 8.42 Å². The summed E-state index contributed by atoms with van der Waals surface area (Å²) in [6.45, 7) is 5.73. The van der Waals surface area contributed by atoms with Gasteiger partial charge in [-0.15, -0.1) is 0 Å². The molecule has 1 aliphatic heterocycles. The monoisotopic (exact) mass is 297 g/mol. The molecular formula is C14H23N3O2S. The highest BCUT2D eigenvalue weighted by Crippen LogP contribution is 2.25. The van der Waals surface area contributed by atoms with Crippen LogP contribution in [0.4, 0.5) is 5.69 Å². The second-order valence-corrected chi connectivity index (χ2v) is 7.50. The summed E-state index contributed by atoms with van der Waals surface area (Å²) in [4.78, 5) is 2.32. The molecule has 20 heavy (non-hydrogen) atoms. The minimum absolute atomic E-state index is 0.192. The number of anilines is 1. The van der Waals surface area contributed by atoms with E-state index in [0.717, 1.165) is 11.3 Å². The SMILES string of the molecule is Cc1ccc(S(=O)(=O)N2CCNC(C)C2)cc1N(C)C. The maximum absolute atomic E-state index is 12.7. The molecule has 0 saturated carbocycles. The van der Waals surface area contributed by atoms with Crippen LogP contribution in [0, 0.1) is 6.92 Å². The molecule has 0 spiro atoms. The van der Waals surface area contributed by atoms with Crippen molar-refractivity contribution in [2.24, 2.45) is 0 Å². The first-order chi connectivity index (χ1) is 9.32. The standard InChI is InChI=1S/C14H23N3O2S/c1-11-5-6-13(9-14(11)16(3)4)20(18,19)17-8-7-15-12(2)10-17/h5-6,9,12,15H,7-8,10H2,1-4H3. The van der Waals surface area contributed by atoms with Crippen LogP contribution >= 0.6 is 0 Å². The van der Waals surface area contributed by atoms with Gasteiger partial charge in [0, 0.05) is 45.5 Å². The van der Waals surface area contributed by atoms with Crippen LogP contribution in [0.5, 0.6) is 0 Å². The lowest BCUT2D eigenvalue weighted by Crippen LogP contribution is -2.51. The average Bonchev–Trinajstić information content (AvgIpc) is 2.38. The number of nitrogens with one attached hydrogen (secondary N) is 1. The lowest BCUT2D eigenvalue weighted by Gasteiger charge is -2.31. The molecular weight excluding hydrogens is 274 g/mol. The van der Waals surface area contributed by atoms with Crippen LogP contribution in [0.3, 0.4) is 0 Å². The second-order valence-electron chi connectivity index (χ2n) is 5.56. The molecule has 0 aliphatic carbocycles. The lowest BCUT2D eigenvalue weighted by molar-refractivity contribution is 0.310. The molecule has 1 aromatic rings. The maximum atomic E-state index is 12.7. The molecule has 1 saturated heterocycles. The predicted molar refractivity (Wildman–Crippen MR) is 81.7 cm³/mol. The van der Waals surface area contributed by atoms with Crippen LogP contribution in [0.15, 0.2) is 23.1 Å². The summed E-state index contributed by atoms with van der Waals surface area (Å²) >= 11 is 0. The van der Waals surface area contributed by atoms with E-state index in [1.165, 1.54) is 0 Å². The molecule has 1 aliphatic rings. The number of nitrogens with zero attached hydrogens (tertiary/aromatic N) is 2. The van der Waals surface area contributed by atoms with Gasteiger partial charge in [0.05, 0.1) is 4.90 Å². The zero-order valence-electron chi connectivity index (χ0n) is 12.5. The van der Waals surface area contributed by atoms with Gasteiger partial charge in [-0.1, -0.05) is 6.07 Å². The molecule has 1 unspecified atom stereocenters. The van der Waals surface area contributed by atoms with Crippen LogP contribution < -0.4 is 10.2 Å². The zero-order valence-corrected chi connectivity index (χ0v) is 13.4. The molecule has 1 N–H and O–H groups in total. The van der Waals surface area contributed by atoms with E-state index in [9.17, 15) is 8.42 Å². The summed E-state index contributed by atoms with van der Waals surface area (Å²) in [5.41, 5.74) is 2.01. The van der Waals surface area contributed by atoms with Crippen molar-refractivity contribution in [3.05, 3.63) is 23.8 Å². The Morgan fingerprint density at radius 2 is 2.05 bits per heavy atom. The van der Waals surface area contributed by atoms with E-state index < -0.39 is 10.0 Å². The number of benzene rings is 1. The van der Waals surface area contributed by atoms with E-state index >= 15 is 0 Å². The third-order valence-corrected chi connectivity index (χ3v) is 5.49. The fourth-order valence-corrected chi connectivity index (χ4v) is 4.05. The Morgan fingerprint density at radius 3 is 2.65 bits per heavy atom. The van der Waals surface area contributed by atoms with Crippen LogP contribution in [0.1, 0.15) is 12.5 Å². The molecule has 0 radical (unpaired) electrons. The number of piperazine rings is 1. The summed E-state index contributed by atoms with van der Waals surface area (Å²) in [5, 5.41) is 3.26. The minimum atomic E-state index is -3.40. The number of rotatable bonds is 3. The fraction of sp³-hybridized carbons (Fsp3) is 0.571. The highest BCUT2D eigenvalue weighted by Gasteiger charge is 2.28. The van der Waals surface area contributed by atoms with Crippen LogP contribution in [-0.2, 0) is 10.0 Å². The molecule has 112 valence electrons. The van der Waals surface area contributed by atoms with Crippen LogP contribution in [0.25, 0.3) is 0 Å².